The van der Waals surface area contributed by atoms with Gasteiger partial charge in [-0.05, 0) is 6.92 Å². The van der Waals surface area contributed by atoms with E-state index in [0.29, 0.717) is 31.3 Å². The molecule has 0 aromatic rings. The number of carbonyl (C=O) groups is 2. The topological polar surface area (TPSA) is 58.2 Å². The molecule has 76 valence electrons. The van der Waals surface area contributed by atoms with Crippen molar-refractivity contribution in [1.82, 2.24) is 10.6 Å². The first-order chi connectivity index (χ1) is 6.20. The molecule has 0 heterocycles. The lowest BCUT2D eigenvalue weighted by Crippen LogP contribution is -2.30. The third kappa shape index (κ3) is 7.77. The predicted octanol–water partition coefficient (Wildman–Crippen LogP) is 0.414. The molecule has 0 aliphatic rings. The molecule has 0 spiro atoms. The average Bonchev–Trinajstić information content (AvgIpc) is 2.05. The van der Waals surface area contributed by atoms with Gasteiger partial charge in [0.05, 0.1) is 0 Å². The van der Waals surface area contributed by atoms with E-state index in [4.69, 9.17) is 0 Å². The molecular weight excluding hydrogens is 236 g/mol. The molecule has 0 saturated carbocycles. The van der Waals surface area contributed by atoms with Crippen LogP contribution < -0.4 is 10.6 Å². The molecular formula is C8H15BrN2O2. The Balaban J connectivity index is 3.33. The third-order valence-corrected chi connectivity index (χ3v) is 1.77. The van der Waals surface area contributed by atoms with Crippen molar-refractivity contribution in [3.63, 3.8) is 0 Å². The predicted molar refractivity (Wildman–Crippen MR) is 54.7 cm³/mol. The number of hydrogen-bond donors (Lipinski definition) is 2. The molecule has 2 amide bonds. The number of rotatable bonds is 6. The van der Waals surface area contributed by atoms with E-state index < -0.39 is 0 Å². The van der Waals surface area contributed by atoms with Crippen LogP contribution >= 0.6 is 15.9 Å². The summed E-state index contributed by atoms with van der Waals surface area (Å²) >= 11 is 3.16. The third-order valence-electron chi connectivity index (χ3n) is 1.37. The SMILES string of the molecule is CCNC(=O)CCNC(=O)CCBr. The summed E-state index contributed by atoms with van der Waals surface area (Å²) in [6.07, 6.45) is 0.803. The summed E-state index contributed by atoms with van der Waals surface area (Å²) in [5.74, 6) is -0.0529. The van der Waals surface area contributed by atoms with Crippen LogP contribution in [0.2, 0.25) is 0 Å². The highest BCUT2D eigenvalue weighted by Crippen LogP contribution is 1.87. The lowest BCUT2D eigenvalue weighted by molar-refractivity contribution is -0.122. The molecule has 0 bridgehead atoms. The van der Waals surface area contributed by atoms with Crippen molar-refractivity contribution in [2.75, 3.05) is 18.4 Å². The maximum atomic E-state index is 10.9. The van der Waals surface area contributed by atoms with Crippen molar-refractivity contribution >= 4 is 27.7 Å². The van der Waals surface area contributed by atoms with Crippen LogP contribution in [0.5, 0.6) is 0 Å². The molecule has 0 unspecified atom stereocenters. The molecule has 0 aliphatic heterocycles. The monoisotopic (exact) mass is 250 g/mol. The molecule has 13 heavy (non-hydrogen) atoms. The van der Waals surface area contributed by atoms with E-state index in [9.17, 15) is 9.59 Å². The van der Waals surface area contributed by atoms with E-state index in [1.54, 1.807) is 0 Å². The van der Waals surface area contributed by atoms with Gasteiger partial charge >= 0.3 is 0 Å². The Morgan fingerprint density at radius 2 is 1.77 bits per heavy atom. The van der Waals surface area contributed by atoms with Gasteiger partial charge < -0.3 is 10.6 Å². The normalized spacial score (nSPS) is 9.38. The highest BCUT2D eigenvalue weighted by Gasteiger charge is 2.01. The summed E-state index contributed by atoms with van der Waals surface area (Å²) in [6.45, 7) is 2.91. The minimum absolute atomic E-state index is 0.0263. The Bertz CT molecular complexity index is 156. The van der Waals surface area contributed by atoms with Crippen LogP contribution in [0.3, 0.4) is 0 Å². The van der Waals surface area contributed by atoms with Crippen molar-refractivity contribution in [1.29, 1.82) is 0 Å². The molecule has 0 aromatic heterocycles. The number of nitrogens with one attached hydrogen (secondary N) is 2. The highest BCUT2D eigenvalue weighted by atomic mass is 79.9. The van der Waals surface area contributed by atoms with E-state index in [0.717, 1.165) is 0 Å². The summed E-state index contributed by atoms with van der Waals surface area (Å²) in [6, 6.07) is 0. The summed E-state index contributed by atoms with van der Waals surface area (Å²) in [5.41, 5.74) is 0. The van der Waals surface area contributed by atoms with Crippen LogP contribution in [-0.4, -0.2) is 30.2 Å². The standard InChI is InChI=1S/C8H15BrN2O2/c1-2-10-8(13)4-6-11-7(12)3-5-9/h2-6H2,1H3,(H,10,13)(H,11,12). The number of alkyl halides is 1. The minimum atomic E-state index is -0.0267. The van der Waals surface area contributed by atoms with Crippen LogP contribution in [-0.2, 0) is 9.59 Å². The fourth-order valence-electron chi connectivity index (χ4n) is 0.775. The zero-order valence-electron chi connectivity index (χ0n) is 7.73. The second-order valence-corrected chi connectivity index (χ2v) is 3.29. The smallest absolute Gasteiger partial charge is 0.221 e. The average molecular weight is 251 g/mol. The van der Waals surface area contributed by atoms with Gasteiger partial charge in [-0.2, -0.15) is 0 Å². The maximum Gasteiger partial charge on any atom is 0.221 e. The fourth-order valence-corrected chi connectivity index (χ4v) is 1.14. The van der Waals surface area contributed by atoms with Crippen LogP contribution in [0.25, 0.3) is 0 Å². The summed E-state index contributed by atoms with van der Waals surface area (Å²) in [4.78, 5) is 21.8. The van der Waals surface area contributed by atoms with Gasteiger partial charge in [0, 0.05) is 31.3 Å². The quantitative estimate of drug-likeness (QED) is 0.672. The van der Waals surface area contributed by atoms with Gasteiger partial charge in [-0.1, -0.05) is 15.9 Å². The van der Waals surface area contributed by atoms with E-state index in [1.165, 1.54) is 0 Å². The first kappa shape index (κ1) is 12.4. The number of amides is 2. The van der Waals surface area contributed by atoms with Gasteiger partial charge in [0.25, 0.3) is 0 Å². The Kier molecular flexibility index (Phi) is 7.68. The molecule has 0 rings (SSSR count). The summed E-state index contributed by atoms with van der Waals surface area (Å²) in [7, 11) is 0. The minimum Gasteiger partial charge on any atom is -0.356 e. The summed E-state index contributed by atoms with van der Waals surface area (Å²) in [5, 5.41) is 5.95. The van der Waals surface area contributed by atoms with Crippen LogP contribution in [0.1, 0.15) is 19.8 Å². The molecule has 0 aromatic carbocycles. The van der Waals surface area contributed by atoms with Crippen LogP contribution in [0.15, 0.2) is 0 Å². The van der Waals surface area contributed by atoms with Gasteiger partial charge in [-0.3, -0.25) is 9.59 Å². The fraction of sp³-hybridized carbons (Fsp3) is 0.750. The van der Waals surface area contributed by atoms with Crippen LogP contribution in [0, 0.1) is 0 Å². The van der Waals surface area contributed by atoms with Crippen molar-refractivity contribution in [2.24, 2.45) is 0 Å². The molecule has 2 N–H and O–H groups in total. The van der Waals surface area contributed by atoms with Crippen molar-refractivity contribution in [3.8, 4) is 0 Å². The molecule has 0 atom stereocenters. The van der Waals surface area contributed by atoms with Gasteiger partial charge in [-0.25, -0.2) is 0 Å². The van der Waals surface area contributed by atoms with Gasteiger partial charge in [0.15, 0.2) is 0 Å². The van der Waals surface area contributed by atoms with Crippen molar-refractivity contribution in [2.45, 2.75) is 19.8 Å². The molecule has 0 fully saturated rings. The Hall–Kier alpha value is -0.580. The summed E-state index contributed by atoms with van der Waals surface area (Å²) < 4.78 is 0. The van der Waals surface area contributed by atoms with E-state index in [-0.39, 0.29) is 11.8 Å². The Morgan fingerprint density at radius 3 is 2.31 bits per heavy atom. The molecule has 0 radical (unpaired) electrons. The second-order valence-electron chi connectivity index (χ2n) is 2.49. The number of carbonyl (C=O) groups excluding carboxylic acids is 2. The van der Waals surface area contributed by atoms with Crippen molar-refractivity contribution in [3.05, 3.63) is 0 Å². The zero-order valence-corrected chi connectivity index (χ0v) is 9.32. The lowest BCUT2D eigenvalue weighted by Gasteiger charge is -2.03. The van der Waals surface area contributed by atoms with Gasteiger partial charge in [-0.15, -0.1) is 0 Å². The molecule has 5 heteroatoms. The first-order valence-electron chi connectivity index (χ1n) is 4.30. The molecule has 0 saturated heterocycles. The van der Waals surface area contributed by atoms with E-state index in [1.807, 2.05) is 6.92 Å². The van der Waals surface area contributed by atoms with Crippen LogP contribution in [0.4, 0.5) is 0 Å². The highest BCUT2D eigenvalue weighted by molar-refractivity contribution is 9.09. The molecule has 0 aliphatic carbocycles. The largest absolute Gasteiger partial charge is 0.356 e. The Labute approximate surface area is 86.6 Å². The molecule has 4 nitrogen and oxygen atoms in total. The zero-order chi connectivity index (χ0) is 10.1. The first-order valence-corrected chi connectivity index (χ1v) is 5.42. The lowest BCUT2D eigenvalue weighted by atomic mass is 10.3. The Morgan fingerprint density at radius 1 is 1.15 bits per heavy atom. The second kappa shape index (κ2) is 8.04. The van der Waals surface area contributed by atoms with E-state index in [2.05, 4.69) is 26.6 Å². The van der Waals surface area contributed by atoms with Gasteiger partial charge in [0.2, 0.25) is 11.8 Å². The van der Waals surface area contributed by atoms with Crippen molar-refractivity contribution < 1.29 is 9.59 Å². The maximum absolute atomic E-state index is 10.9. The van der Waals surface area contributed by atoms with Gasteiger partial charge in [0.1, 0.15) is 0 Å². The number of hydrogen-bond acceptors (Lipinski definition) is 2. The number of halogens is 1. The van der Waals surface area contributed by atoms with E-state index >= 15 is 0 Å².